The molecule has 0 spiro atoms. The highest BCUT2D eigenvalue weighted by atomic mass is 16.2. The summed E-state index contributed by atoms with van der Waals surface area (Å²) >= 11 is 0. The minimum absolute atomic E-state index is 0.157. The quantitative estimate of drug-likeness (QED) is 0.876. The molecule has 2 rings (SSSR count). The number of carbonyl (C=O) groups excluding carboxylic acids is 1. The molecule has 124 valence electrons. The second-order valence-electron chi connectivity index (χ2n) is 7.02. The van der Waals surface area contributed by atoms with Crippen molar-refractivity contribution in [2.75, 3.05) is 13.1 Å². The number of carbonyl (C=O) groups is 1. The maximum Gasteiger partial charge on any atom is 0.223 e. The molecule has 1 aromatic heterocycles. The monoisotopic (exact) mass is 306 g/mol. The van der Waals surface area contributed by atoms with Gasteiger partial charge in [0.05, 0.1) is 6.33 Å². The Morgan fingerprint density at radius 2 is 1.95 bits per heavy atom. The zero-order chi connectivity index (χ0) is 16.1. The van der Waals surface area contributed by atoms with Crippen LogP contribution in [0.3, 0.4) is 0 Å². The van der Waals surface area contributed by atoms with Crippen molar-refractivity contribution in [3.8, 4) is 0 Å². The van der Waals surface area contributed by atoms with Crippen molar-refractivity contribution >= 4 is 5.91 Å². The zero-order valence-corrected chi connectivity index (χ0v) is 14.3. The SMILES string of the molecule is CC(C)[C@@H](Cn1ccnc1)NC(=O)C1CCN(C(C)C)CC1. The molecule has 0 unspecified atom stereocenters. The Bertz CT molecular complexity index is 447. The van der Waals surface area contributed by atoms with E-state index in [0.717, 1.165) is 32.5 Å². The predicted molar refractivity (Wildman–Crippen MR) is 88.4 cm³/mol. The maximum absolute atomic E-state index is 12.6. The lowest BCUT2D eigenvalue weighted by Gasteiger charge is -2.35. The molecule has 1 N–H and O–H groups in total. The van der Waals surface area contributed by atoms with Gasteiger partial charge in [-0.25, -0.2) is 4.98 Å². The number of rotatable bonds is 6. The second kappa shape index (κ2) is 7.77. The highest BCUT2D eigenvalue weighted by Crippen LogP contribution is 2.19. The highest BCUT2D eigenvalue weighted by molar-refractivity contribution is 5.79. The van der Waals surface area contributed by atoms with E-state index in [0.29, 0.717) is 12.0 Å². The molecule has 1 saturated heterocycles. The third-order valence-corrected chi connectivity index (χ3v) is 4.73. The average Bonchev–Trinajstić information content (AvgIpc) is 2.99. The number of aromatic nitrogens is 2. The summed E-state index contributed by atoms with van der Waals surface area (Å²) in [5, 5.41) is 3.26. The fraction of sp³-hybridized carbons (Fsp3) is 0.765. The van der Waals surface area contributed by atoms with Gasteiger partial charge in [-0.2, -0.15) is 0 Å². The summed E-state index contributed by atoms with van der Waals surface area (Å²) in [6.45, 7) is 11.6. The molecule has 1 fully saturated rings. The Balaban J connectivity index is 1.86. The number of hydrogen-bond acceptors (Lipinski definition) is 3. The van der Waals surface area contributed by atoms with Crippen molar-refractivity contribution in [1.29, 1.82) is 0 Å². The molecular formula is C17H30N4O. The van der Waals surface area contributed by atoms with E-state index >= 15 is 0 Å². The van der Waals surface area contributed by atoms with Crippen LogP contribution in [0.4, 0.5) is 0 Å². The van der Waals surface area contributed by atoms with Crippen molar-refractivity contribution in [2.24, 2.45) is 11.8 Å². The molecule has 5 heteroatoms. The first-order valence-electron chi connectivity index (χ1n) is 8.47. The number of nitrogens with one attached hydrogen (secondary N) is 1. The van der Waals surface area contributed by atoms with Crippen LogP contribution in [-0.4, -0.2) is 45.5 Å². The van der Waals surface area contributed by atoms with Crippen molar-refractivity contribution in [3.63, 3.8) is 0 Å². The standard InChI is InChI=1S/C17H30N4O/c1-13(2)16(11-20-10-7-18-12-20)19-17(22)15-5-8-21(9-6-15)14(3)4/h7,10,12-16H,5-6,8-9,11H2,1-4H3,(H,19,22)/t16-/m1/s1. The van der Waals surface area contributed by atoms with Gasteiger partial charge in [0.25, 0.3) is 0 Å². The molecule has 5 nitrogen and oxygen atoms in total. The fourth-order valence-corrected chi connectivity index (χ4v) is 3.02. The van der Waals surface area contributed by atoms with Crippen LogP contribution in [0.5, 0.6) is 0 Å². The largest absolute Gasteiger partial charge is 0.351 e. The normalized spacial score (nSPS) is 18.8. The van der Waals surface area contributed by atoms with E-state index in [1.807, 2.05) is 17.1 Å². The zero-order valence-electron chi connectivity index (χ0n) is 14.3. The minimum atomic E-state index is 0.157. The summed E-state index contributed by atoms with van der Waals surface area (Å²) in [5.74, 6) is 0.795. The van der Waals surface area contributed by atoms with Gasteiger partial charge in [-0.1, -0.05) is 13.8 Å². The number of amides is 1. The fourth-order valence-electron chi connectivity index (χ4n) is 3.02. The van der Waals surface area contributed by atoms with E-state index in [2.05, 4.69) is 42.9 Å². The van der Waals surface area contributed by atoms with Crippen LogP contribution in [0.2, 0.25) is 0 Å². The Kier molecular flexibility index (Phi) is 6.00. The Hall–Kier alpha value is -1.36. The summed E-state index contributed by atoms with van der Waals surface area (Å²) < 4.78 is 2.03. The van der Waals surface area contributed by atoms with Gasteiger partial charge in [0.1, 0.15) is 0 Å². The Morgan fingerprint density at radius 3 is 2.45 bits per heavy atom. The van der Waals surface area contributed by atoms with Crippen LogP contribution in [0, 0.1) is 11.8 Å². The van der Waals surface area contributed by atoms with E-state index in [1.165, 1.54) is 0 Å². The lowest BCUT2D eigenvalue weighted by molar-refractivity contribution is -0.127. The molecule has 0 aliphatic carbocycles. The van der Waals surface area contributed by atoms with Gasteiger partial charge in [-0.05, 0) is 45.7 Å². The molecule has 2 heterocycles. The summed E-state index contributed by atoms with van der Waals surface area (Å²) in [6.07, 6.45) is 7.48. The van der Waals surface area contributed by atoms with Crippen molar-refractivity contribution < 1.29 is 4.79 Å². The van der Waals surface area contributed by atoms with Crippen LogP contribution in [0.1, 0.15) is 40.5 Å². The van der Waals surface area contributed by atoms with Gasteiger partial charge < -0.3 is 14.8 Å². The van der Waals surface area contributed by atoms with Gasteiger partial charge in [-0.3, -0.25) is 4.79 Å². The van der Waals surface area contributed by atoms with Crippen LogP contribution in [-0.2, 0) is 11.3 Å². The molecule has 1 aromatic rings. The summed E-state index contributed by atoms with van der Waals surface area (Å²) in [7, 11) is 0. The minimum Gasteiger partial charge on any atom is -0.351 e. The number of likely N-dealkylation sites (tertiary alicyclic amines) is 1. The highest BCUT2D eigenvalue weighted by Gasteiger charge is 2.28. The van der Waals surface area contributed by atoms with Gasteiger partial charge in [0.15, 0.2) is 0 Å². The van der Waals surface area contributed by atoms with E-state index in [4.69, 9.17) is 0 Å². The molecule has 22 heavy (non-hydrogen) atoms. The van der Waals surface area contributed by atoms with Gasteiger partial charge >= 0.3 is 0 Å². The molecule has 1 atom stereocenters. The number of hydrogen-bond donors (Lipinski definition) is 1. The third-order valence-electron chi connectivity index (χ3n) is 4.73. The van der Waals surface area contributed by atoms with E-state index < -0.39 is 0 Å². The van der Waals surface area contributed by atoms with Crippen LogP contribution < -0.4 is 5.32 Å². The molecule has 1 amide bonds. The van der Waals surface area contributed by atoms with Gasteiger partial charge in [0, 0.05) is 36.9 Å². The van der Waals surface area contributed by atoms with E-state index in [1.54, 1.807) is 6.20 Å². The van der Waals surface area contributed by atoms with Crippen LogP contribution in [0.15, 0.2) is 18.7 Å². The van der Waals surface area contributed by atoms with E-state index in [-0.39, 0.29) is 17.9 Å². The number of piperidine rings is 1. The summed E-state index contributed by atoms with van der Waals surface area (Å²) in [6, 6.07) is 0.735. The Labute approximate surface area is 134 Å². The average molecular weight is 306 g/mol. The summed E-state index contributed by atoms with van der Waals surface area (Å²) in [5.41, 5.74) is 0. The molecule has 0 bridgehead atoms. The van der Waals surface area contributed by atoms with Crippen molar-refractivity contribution in [3.05, 3.63) is 18.7 Å². The first kappa shape index (κ1) is 17.0. The topological polar surface area (TPSA) is 50.2 Å². The molecule has 0 radical (unpaired) electrons. The molecule has 1 aliphatic rings. The van der Waals surface area contributed by atoms with Crippen molar-refractivity contribution in [1.82, 2.24) is 19.8 Å². The lowest BCUT2D eigenvalue weighted by atomic mass is 9.94. The Morgan fingerprint density at radius 1 is 1.27 bits per heavy atom. The second-order valence-corrected chi connectivity index (χ2v) is 7.02. The van der Waals surface area contributed by atoms with Crippen molar-refractivity contribution in [2.45, 2.75) is 59.2 Å². The molecule has 0 saturated carbocycles. The van der Waals surface area contributed by atoms with Crippen LogP contribution >= 0.6 is 0 Å². The molecule has 1 aliphatic heterocycles. The van der Waals surface area contributed by atoms with Gasteiger partial charge in [0.2, 0.25) is 5.91 Å². The van der Waals surface area contributed by atoms with Gasteiger partial charge in [-0.15, -0.1) is 0 Å². The van der Waals surface area contributed by atoms with E-state index in [9.17, 15) is 4.79 Å². The first-order chi connectivity index (χ1) is 10.5. The molecule has 0 aromatic carbocycles. The van der Waals surface area contributed by atoms with Crippen LogP contribution in [0.25, 0.3) is 0 Å². The maximum atomic E-state index is 12.6. The third kappa shape index (κ3) is 4.57. The summed E-state index contributed by atoms with van der Waals surface area (Å²) in [4.78, 5) is 19.1. The number of nitrogens with zero attached hydrogens (tertiary/aromatic N) is 3. The predicted octanol–water partition coefficient (Wildman–Crippen LogP) is 2.14. The first-order valence-corrected chi connectivity index (χ1v) is 8.47. The smallest absolute Gasteiger partial charge is 0.223 e. The molecular weight excluding hydrogens is 276 g/mol. The number of imidazole rings is 1. The lowest BCUT2D eigenvalue weighted by Crippen LogP contribution is -2.47.